The molecule has 0 heterocycles. The molecule has 0 aromatic heterocycles. The number of carboxylic acids is 1. The van der Waals surface area contributed by atoms with Crippen molar-refractivity contribution >= 4 is 23.3 Å². The monoisotopic (exact) mass is 229 g/mol. The highest BCUT2D eigenvalue weighted by Gasteiger charge is 2.15. The maximum absolute atomic E-state index is 10.5. The zero-order valence-electron chi connectivity index (χ0n) is 7.59. The molecule has 0 spiro atoms. The number of nitro groups is 1. The summed E-state index contributed by atoms with van der Waals surface area (Å²) in [6.45, 7) is 0. The number of alkyl halides is 1. The van der Waals surface area contributed by atoms with E-state index >= 15 is 0 Å². The van der Waals surface area contributed by atoms with Gasteiger partial charge in [-0.1, -0.05) is 12.1 Å². The number of carboxylic acid groups (broad SMARTS) is 1. The lowest BCUT2D eigenvalue weighted by Crippen LogP contribution is -2.15. The number of nitrogens with zero attached hydrogens (tertiary/aromatic N) is 1. The Kier molecular flexibility index (Phi) is 3.62. The topological polar surface area (TPSA) is 80.4 Å². The molecule has 1 N–H and O–H groups in total. The van der Waals surface area contributed by atoms with Crippen molar-refractivity contribution in [1.82, 2.24) is 0 Å². The number of benzene rings is 1. The molecule has 1 atom stereocenters. The van der Waals surface area contributed by atoms with Gasteiger partial charge in [0.15, 0.2) is 0 Å². The summed E-state index contributed by atoms with van der Waals surface area (Å²) in [6, 6.07) is 5.76. The summed E-state index contributed by atoms with van der Waals surface area (Å²) in [6.07, 6.45) is 0.0680. The summed E-state index contributed by atoms with van der Waals surface area (Å²) >= 11 is 5.51. The van der Waals surface area contributed by atoms with Crippen molar-refractivity contribution in [3.05, 3.63) is 39.9 Å². The van der Waals surface area contributed by atoms with Gasteiger partial charge in [-0.25, -0.2) is 0 Å². The van der Waals surface area contributed by atoms with E-state index in [1.54, 1.807) is 6.07 Å². The molecule has 15 heavy (non-hydrogen) atoms. The SMILES string of the molecule is O=C(O)C(Cl)Cc1cccc([N+](=O)[O-])c1. The van der Waals surface area contributed by atoms with E-state index in [2.05, 4.69) is 0 Å². The highest BCUT2D eigenvalue weighted by Crippen LogP contribution is 2.16. The summed E-state index contributed by atoms with van der Waals surface area (Å²) in [4.78, 5) is 20.4. The van der Waals surface area contributed by atoms with E-state index in [4.69, 9.17) is 16.7 Å². The number of aliphatic carboxylic acids is 1. The van der Waals surface area contributed by atoms with Crippen LogP contribution < -0.4 is 0 Å². The van der Waals surface area contributed by atoms with Crippen LogP contribution in [0.4, 0.5) is 5.69 Å². The highest BCUT2D eigenvalue weighted by atomic mass is 35.5. The number of rotatable bonds is 4. The van der Waals surface area contributed by atoms with Gasteiger partial charge in [0, 0.05) is 12.1 Å². The molecular weight excluding hydrogens is 222 g/mol. The van der Waals surface area contributed by atoms with Gasteiger partial charge in [0.1, 0.15) is 5.38 Å². The van der Waals surface area contributed by atoms with Crippen LogP contribution in [0.15, 0.2) is 24.3 Å². The quantitative estimate of drug-likeness (QED) is 0.485. The second kappa shape index (κ2) is 4.75. The molecule has 1 unspecified atom stereocenters. The average Bonchev–Trinajstić information content (AvgIpc) is 2.18. The third kappa shape index (κ3) is 3.21. The van der Waals surface area contributed by atoms with Crippen molar-refractivity contribution in [1.29, 1.82) is 0 Å². The van der Waals surface area contributed by atoms with E-state index in [9.17, 15) is 14.9 Å². The van der Waals surface area contributed by atoms with Crippen LogP contribution >= 0.6 is 11.6 Å². The Morgan fingerprint density at radius 1 is 1.60 bits per heavy atom. The molecule has 0 radical (unpaired) electrons. The van der Waals surface area contributed by atoms with Crippen molar-refractivity contribution in [3.8, 4) is 0 Å². The van der Waals surface area contributed by atoms with Gasteiger partial charge in [-0.15, -0.1) is 11.6 Å². The third-order valence-corrected chi connectivity index (χ3v) is 2.15. The van der Waals surface area contributed by atoms with Crippen LogP contribution in [0.1, 0.15) is 5.56 Å². The van der Waals surface area contributed by atoms with Crippen molar-refractivity contribution in [2.24, 2.45) is 0 Å². The van der Waals surface area contributed by atoms with Crippen LogP contribution in [0.5, 0.6) is 0 Å². The maximum Gasteiger partial charge on any atom is 0.321 e. The molecule has 5 nitrogen and oxygen atoms in total. The molecule has 0 amide bonds. The largest absolute Gasteiger partial charge is 0.480 e. The minimum atomic E-state index is -1.14. The smallest absolute Gasteiger partial charge is 0.321 e. The predicted molar refractivity (Wildman–Crippen MR) is 54.1 cm³/mol. The number of carbonyl (C=O) groups is 1. The van der Waals surface area contributed by atoms with Crippen molar-refractivity contribution in [2.45, 2.75) is 11.8 Å². The lowest BCUT2D eigenvalue weighted by atomic mass is 10.1. The van der Waals surface area contributed by atoms with E-state index in [-0.39, 0.29) is 12.1 Å². The van der Waals surface area contributed by atoms with E-state index in [0.717, 1.165) is 0 Å². The summed E-state index contributed by atoms with van der Waals surface area (Å²) < 4.78 is 0. The molecule has 0 saturated heterocycles. The number of hydrogen-bond donors (Lipinski definition) is 1. The Hall–Kier alpha value is -1.62. The lowest BCUT2D eigenvalue weighted by molar-refractivity contribution is -0.384. The molecule has 0 aliphatic rings. The van der Waals surface area contributed by atoms with Crippen LogP contribution in [0.2, 0.25) is 0 Å². The van der Waals surface area contributed by atoms with Gasteiger partial charge < -0.3 is 5.11 Å². The molecular formula is C9H8ClNO4. The summed E-state index contributed by atoms with van der Waals surface area (Å²) in [5.41, 5.74) is 0.466. The first-order valence-corrected chi connectivity index (χ1v) is 4.54. The Balaban J connectivity index is 2.82. The van der Waals surface area contributed by atoms with Crippen LogP contribution in [-0.2, 0) is 11.2 Å². The van der Waals surface area contributed by atoms with Gasteiger partial charge in [0.2, 0.25) is 0 Å². The van der Waals surface area contributed by atoms with Gasteiger partial charge in [-0.3, -0.25) is 14.9 Å². The minimum absolute atomic E-state index is 0.0678. The van der Waals surface area contributed by atoms with E-state index in [0.29, 0.717) is 5.56 Å². The summed E-state index contributed by atoms with van der Waals surface area (Å²) in [5.74, 6) is -1.14. The normalized spacial score (nSPS) is 12.1. The number of halogens is 1. The van der Waals surface area contributed by atoms with Crippen molar-refractivity contribution < 1.29 is 14.8 Å². The fraction of sp³-hybridized carbons (Fsp3) is 0.222. The highest BCUT2D eigenvalue weighted by molar-refractivity contribution is 6.29. The van der Waals surface area contributed by atoms with Gasteiger partial charge in [-0.05, 0) is 12.0 Å². The van der Waals surface area contributed by atoms with Gasteiger partial charge >= 0.3 is 5.97 Å². The lowest BCUT2D eigenvalue weighted by Gasteiger charge is -2.03. The molecule has 0 aliphatic carbocycles. The molecule has 1 aromatic carbocycles. The first kappa shape index (κ1) is 11.5. The Morgan fingerprint density at radius 3 is 2.80 bits per heavy atom. The maximum atomic E-state index is 10.5. The fourth-order valence-electron chi connectivity index (χ4n) is 1.09. The number of hydrogen-bond acceptors (Lipinski definition) is 3. The second-order valence-corrected chi connectivity index (χ2v) is 3.46. The van der Waals surface area contributed by atoms with Gasteiger partial charge in [0.05, 0.1) is 4.92 Å². The van der Waals surface area contributed by atoms with E-state index < -0.39 is 16.3 Å². The standard InChI is InChI=1S/C9H8ClNO4/c10-8(9(12)13)5-6-2-1-3-7(4-6)11(14)15/h1-4,8H,5H2,(H,12,13). The molecule has 1 rings (SSSR count). The molecule has 0 bridgehead atoms. The van der Waals surface area contributed by atoms with Crippen LogP contribution in [-0.4, -0.2) is 21.4 Å². The van der Waals surface area contributed by atoms with E-state index in [1.165, 1.54) is 18.2 Å². The first-order chi connectivity index (χ1) is 7.00. The summed E-state index contributed by atoms with van der Waals surface area (Å²) in [5, 5.41) is 17.9. The zero-order chi connectivity index (χ0) is 11.4. The molecule has 1 aromatic rings. The molecule has 80 valence electrons. The molecule has 0 saturated carbocycles. The number of nitro benzene ring substituents is 1. The van der Waals surface area contributed by atoms with Crippen LogP contribution in [0.25, 0.3) is 0 Å². The average molecular weight is 230 g/mol. The minimum Gasteiger partial charge on any atom is -0.480 e. The van der Waals surface area contributed by atoms with E-state index in [1.807, 2.05) is 0 Å². The summed E-state index contributed by atoms with van der Waals surface area (Å²) in [7, 11) is 0. The molecule has 6 heteroatoms. The van der Waals surface area contributed by atoms with Gasteiger partial charge in [-0.2, -0.15) is 0 Å². The second-order valence-electron chi connectivity index (χ2n) is 2.94. The Labute approximate surface area is 90.4 Å². The first-order valence-electron chi connectivity index (χ1n) is 4.11. The predicted octanol–water partition coefficient (Wildman–Crippen LogP) is 1.83. The van der Waals surface area contributed by atoms with Gasteiger partial charge in [0.25, 0.3) is 5.69 Å². The Morgan fingerprint density at radius 2 is 2.27 bits per heavy atom. The van der Waals surface area contributed by atoms with Crippen LogP contribution in [0, 0.1) is 10.1 Å². The van der Waals surface area contributed by atoms with Crippen molar-refractivity contribution in [3.63, 3.8) is 0 Å². The van der Waals surface area contributed by atoms with Crippen LogP contribution in [0.3, 0.4) is 0 Å². The number of non-ortho nitro benzene ring substituents is 1. The zero-order valence-corrected chi connectivity index (χ0v) is 8.35. The van der Waals surface area contributed by atoms with Crippen molar-refractivity contribution in [2.75, 3.05) is 0 Å². The molecule has 0 aliphatic heterocycles. The molecule has 0 fully saturated rings. The third-order valence-electron chi connectivity index (χ3n) is 1.80. The Bertz CT molecular complexity index is 393. The fourth-order valence-corrected chi connectivity index (χ4v) is 1.27.